The maximum Gasteiger partial charge on any atom is 0.137 e. The number of pyridine rings is 1. The molecule has 0 aliphatic rings. The van der Waals surface area contributed by atoms with Gasteiger partial charge in [-0.15, -0.1) is 0 Å². The molecule has 0 saturated heterocycles. The average molecular weight is 263 g/mol. The van der Waals surface area contributed by atoms with Gasteiger partial charge in [0.05, 0.1) is 0 Å². The van der Waals surface area contributed by atoms with Crippen LogP contribution in [0.4, 0.5) is 0 Å². The number of benzene rings is 1. The van der Waals surface area contributed by atoms with Gasteiger partial charge in [-0.05, 0) is 35.9 Å². The highest BCUT2D eigenvalue weighted by Gasteiger charge is 2.09. The second-order valence-electron chi connectivity index (χ2n) is 3.72. The van der Waals surface area contributed by atoms with Crippen molar-refractivity contribution in [3.8, 4) is 11.1 Å². The van der Waals surface area contributed by atoms with Gasteiger partial charge in [0.2, 0.25) is 0 Å². The standard InChI is InChI=1S/C13H8Cl2N2/c14-8-1-2-12(15)11(7-8)9-3-5-16-13-10(9)4-6-17-13/h1-7H,(H,16,17). The third kappa shape index (κ3) is 1.79. The van der Waals surface area contributed by atoms with Gasteiger partial charge in [-0.25, -0.2) is 4.98 Å². The third-order valence-corrected chi connectivity index (χ3v) is 3.24. The molecule has 0 atom stereocenters. The minimum Gasteiger partial charge on any atom is -0.346 e. The van der Waals surface area contributed by atoms with E-state index in [0.29, 0.717) is 10.0 Å². The van der Waals surface area contributed by atoms with Crippen LogP contribution in [0.2, 0.25) is 10.0 Å². The van der Waals surface area contributed by atoms with Gasteiger partial charge in [0.1, 0.15) is 5.65 Å². The Balaban J connectivity index is 2.34. The van der Waals surface area contributed by atoms with Gasteiger partial charge < -0.3 is 4.98 Å². The normalized spacial score (nSPS) is 10.9. The second-order valence-corrected chi connectivity index (χ2v) is 4.57. The lowest BCUT2D eigenvalue weighted by molar-refractivity contribution is 1.33. The number of aromatic nitrogens is 2. The molecular weight excluding hydrogens is 255 g/mol. The Morgan fingerprint density at radius 3 is 2.76 bits per heavy atom. The van der Waals surface area contributed by atoms with Crippen molar-refractivity contribution in [1.29, 1.82) is 0 Å². The summed E-state index contributed by atoms with van der Waals surface area (Å²) in [6.07, 6.45) is 3.62. The number of fused-ring (bicyclic) bond motifs is 1. The summed E-state index contributed by atoms with van der Waals surface area (Å²) in [5, 5.41) is 2.39. The number of halogens is 2. The maximum atomic E-state index is 6.21. The van der Waals surface area contributed by atoms with Crippen molar-refractivity contribution in [3.63, 3.8) is 0 Å². The largest absolute Gasteiger partial charge is 0.346 e. The highest BCUT2D eigenvalue weighted by molar-refractivity contribution is 6.35. The van der Waals surface area contributed by atoms with E-state index < -0.39 is 0 Å². The SMILES string of the molecule is Clc1ccc(Cl)c(-c2ccnc3[nH]ccc23)c1. The van der Waals surface area contributed by atoms with Gasteiger partial charge in [0, 0.05) is 33.4 Å². The van der Waals surface area contributed by atoms with Gasteiger partial charge in [0.25, 0.3) is 0 Å². The molecule has 2 heterocycles. The fraction of sp³-hybridized carbons (Fsp3) is 0. The third-order valence-electron chi connectivity index (χ3n) is 2.68. The van der Waals surface area contributed by atoms with Crippen LogP contribution in [0.3, 0.4) is 0 Å². The van der Waals surface area contributed by atoms with Crippen molar-refractivity contribution in [2.45, 2.75) is 0 Å². The van der Waals surface area contributed by atoms with Gasteiger partial charge in [-0.1, -0.05) is 23.2 Å². The predicted octanol–water partition coefficient (Wildman–Crippen LogP) is 4.54. The van der Waals surface area contributed by atoms with Crippen LogP contribution in [0.15, 0.2) is 42.7 Å². The van der Waals surface area contributed by atoms with Crippen LogP contribution in [-0.4, -0.2) is 9.97 Å². The summed E-state index contributed by atoms with van der Waals surface area (Å²) >= 11 is 12.2. The molecule has 0 spiro atoms. The molecule has 0 unspecified atom stereocenters. The highest BCUT2D eigenvalue weighted by Crippen LogP contribution is 2.34. The van der Waals surface area contributed by atoms with Gasteiger partial charge in [0.15, 0.2) is 0 Å². The van der Waals surface area contributed by atoms with Crippen LogP contribution < -0.4 is 0 Å². The number of H-pyrrole nitrogens is 1. The number of rotatable bonds is 1. The van der Waals surface area contributed by atoms with Crippen molar-refractivity contribution in [3.05, 3.63) is 52.8 Å². The first-order valence-electron chi connectivity index (χ1n) is 5.13. The quantitative estimate of drug-likeness (QED) is 0.686. The minimum absolute atomic E-state index is 0.671. The zero-order valence-corrected chi connectivity index (χ0v) is 10.3. The Morgan fingerprint density at radius 2 is 1.88 bits per heavy atom. The van der Waals surface area contributed by atoms with Crippen LogP contribution in [0.1, 0.15) is 0 Å². The maximum absolute atomic E-state index is 6.21. The van der Waals surface area contributed by atoms with E-state index in [9.17, 15) is 0 Å². The molecule has 2 nitrogen and oxygen atoms in total. The molecule has 0 bridgehead atoms. The molecule has 2 aromatic heterocycles. The molecular formula is C13H8Cl2N2. The number of aromatic amines is 1. The first kappa shape index (κ1) is 10.6. The lowest BCUT2D eigenvalue weighted by Crippen LogP contribution is -1.83. The molecule has 1 aromatic carbocycles. The molecule has 0 amide bonds. The highest BCUT2D eigenvalue weighted by atomic mass is 35.5. The Kier molecular flexibility index (Phi) is 2.54. The average Bonchev–Trinajstić information content (AvgIpc) is 2.80. The van der Waals surface area contributed by atoms with E-state index in [-0.39, 0.29) is 0 Å². The smallest absolute Gasteiger partial charge is 0.137 e. The van der Waals surface area contributed by atoms with Crippen molar-refractivity contribution < 1.29 is 0 Å². The van der Waals surface area contributed by atoms with Crippen LogP contribution in [-0.2, 0) is 0 Å². The molecule has 0 aliphatic carbocycles. The summed E-state index contributed by atoms with van der Waals surface area (Å²) in [6, 6.07) is 9.37. The Morgan fingerprint density at radius 1 is 1.00 bits per heavy atom. The van der Waals surface area contributed by atoms with Crippen LogP contribution >= 0.6 is 23.2 Å². The van der Waals surface area contributed by atoms with E-state index in [1.807, 2.05) is 24.4 Å². The number of nitrogens with zero attached hydrogens (tertiary/aromatic N) is 1. The second kappa shape index (κ2) is 4.06. The van der Waals surface area contributed by atoms with Crippen LogP contribution in [0, 0.1) is 0 Å². The summed E-state index contributed by atoms with van der Waals surface area (Å²) in [6.45, 7) is 0. The lowest BCUT2D eigenvalue weighted by Gasteiger charge is -2.06. The topological polar surface area (TPSA) is 28.7 Å². The Bertz CT molecular complexity index is 689. The molecule has 0 fully saturated rings. The molecule has 84 valence electrons. The van der Waals surface area contributed by atoms with Gasteiger partial charge in [-0.3, -0.25) is 0 Å². The van der Waals surface area contributed by atoms with Gasteiger partial charge in [-0.2, -0.15) is 0 Å². The van der Waals surface area contributed by atoms with Crippen molar-refractivity contribution in [1.82, 2.24) is 9.97 Å². The van der Waals surface area contributed by atoms with Crippen LogP contribution in [0.5, 0.6) is 0 Å². The van der Waals surface area contributed by atoms with Gasteiger partial charge >= 0.3 is 0 Å². The molecule has 0 saturated carbocycles. The van der Waals surface area contributed by atoms with Crippen molar-refractivity contribution in [2.75, 3.05) is 0 Å². The zero-order chi connectivity index (χ0) is 11.8. The van der Waals surface area contributed by atoms with Crippen LogP contribution in [0.25, 0.3) is 22.2 Å². The first-order valence-corrected chi connectivity index (χ1v) is 5.89. The molecule has 17 heavy (non-hydrogen) atoms. The Labute approximate surface area is 108 Å². The minimum atomic E-state index is 0.671. The summed E-state index contributed by atoms with van der Waals surface area (Å²) in [7, 11) is 0. The summed E-state index contributed by atoms with van der Waals surface area (Å²) in [5.74, 6) is 0. The molecule has 3 aromatic rings. The summed E-state index contributed by atoms with van der Waals surface area (Å²) < 4.78 is 0. The fourth-order valence-corrected chi connectivity index (χ4v) is 2.29. The van der Waals surface area contributed by atoms with Crippen molar-refractivity contribution in [2.24, 2.45) is 0 Å². The molecule has 3 rings (SSSR count). The van der Waals surface area contributed by atoms with E-state index in [1.165, 1.54) is 0 Å². The first-order chi connectivity index (χ1) is 8.25. The predicted molar refractivity (Wildman–Crippen MR) is 71.5 cm³/mol. The zero-order valence-electron chi connectivity index (χ0n) is 8.74. The van der Waals surface area contributed by atoms with Crippen molar-refractivity contribution >= 4 is 34.2 Å². The molecule has 1 N–H and O–H groups in total. The number of hydrogen-bond acceptors (Lipinski definition) is 1. The molecule has 4 heteroatoms. The summed E-state index contributed by atoms with van der Waals surface area (Å²) in [5.41, 5.74) is 2.80. The van der Waals surface area contributed by atoms with E-state index in [2.05, 4.69) is 9.97 Å². The monoisotopic (exact) mass is 262 g/mol. The number of nitrogens with one attached hydrogen (secondary N) is 1. The van der Waals surface area contributed by atoms with E-state index in [1.54, 1.807) is 18.3 Å². The lowest BCUT2D eigenvalue weighted by atomic mass is 10.0. The fourth-order valence-electron chi connectivity index (χ4n) is 1.90. The molecule has 0 radical (unpaired) electrons. The van der Waals surface area contributed by atoms with E-state index in [4.69, 9.17) is 23.2 Å². The molecule has 0 aliphatic heterocycles. The summed E-state index contributed by atoms with van der Waals surface area (Å²) in [4.78, 5) is 7.32. The van der Waals surface area contributed by atoms with E-state index >= 15 is 0 Å². The Hall–Kier alpha value is -1.51. The van der Waals surface area contributed by atoms with E-state index in [0.717, 1.165) is 22.2 Å². The number of hydrogen-bond donors (Lipinski definition) is 1.